The number of nitro groups is 1. The molecule has 2 aliphatic heterocycles. The van der Waals surface area contributed by atoms with E-state index in [0.29, 0.717) is 32.1 Å². The molecule has 7 nitrogen and oxygen atoms in total. The smallest absolute Gasteiger partial charge is 0.269 e. The van der Waals surface area contributed by atoms with Crippen LogP contribution in [0.1, 0.15) is 25.7 Å². The van der Waals surface area contributed by atoms with Crippen LogP contribution in [0, 0.1) is 16.0 Å². The van der Waals surface area contributed by atoms with Crippen molar-refractivity contribution in [2.24, 2.45) is 5.92 Å². The molecule has 24 heavy (non-hydrogen) atoms. The van der Waals surface area contributed by atoms with Gasteiger partial charge in [-0.2, -0.15) is 0 Å². The molecule has 2 heterocycles. The van der Waals surface area contributed by atoms with E-state index in [0.717, 1.165) is 25.7 Å². The fourth-order valence-corrected chi connectivity index (χ4v) is 3.24. The van der Waals surface area contributed by atoms with Crippen LogP contribution in [0.15, 0.2) is 24.3 Å². The van der Waals surface area contributed by atoms with Gasteiger partial charge in [-0.25, -0.2) is 0 Å². The van der Waals surface area contributed by atoms with Gasteiger partial charge in [0.25, 0.3) is 5.69 Å². The maximum atomic E-state index is 12.5. The predicted octanol–water partition coefficient (Wildman–Crippen LogP) is 2.39. The van der Waals surface area contributed by atoms with Gasteiger partial charge in [-0.15, -0.1) is 0 Å². The van der Waals surface area contributed by atoms with E-state index in [4.69, 9.17) is 9.47 Å². The minimum Gasteiger partial charge on any atom is -0.490 e. The molecule has 2 saturated heterocycles. The molecule has 0 saturated carbocycles. The molecule has 0 bridgehead atoms. The van der Waals surface area contributed by atoms with Crippen LogP contribution in [0.25, 0.3) is 0 Å². The van der Waals surface area contributed by atoms with E-state index in [1.165, 1.54) is 12.1 Å². The number of nitro benzene ring substituents is 1. The molecule has 0 N–H and O–H groups in total. The summed E-state index contributed by atoms with van der Waals surface area (Å²) in [6.45, 7) is 2.76. The predicted molar refractivity (Wildman–Crippen MR) is 86.9 cm³/mol. The van der Waals surface area contributed by atoms with Gasteiger partial charge < -0.3 is 14.4 Å². The highest BCUT2D eigenvalue weighted by Gasteiger charge is 2.30. The fraction of sp³-hybridized carbons (Fsp3) is 0.588. The van der Waals surface area contributed by atoms with E-state index in [9.17, 15) is 14.9 Å². The van der Waals surface area contributed by atoms with Crippen molar-refractivity contribution in [2.75, 3.05) is 26.3 Å². The Balaban J connectivity index is 1.48. The second-order valence-corrected chi connectivity index (χ2v) is 6.28. The maximum Gasteiger partial charge on any atom is 0.269 e. The van der Waals surface area contributed by atoms with E-state index in [1.54, 1.807) is 12.1 Å². The van der Waals surface area contributed by atoms with E-state index < -0.39 is 4.92 Å². The largest absolute Gasteiger partial charge is 0.490 e. The van der Waals surface area contributed by atoms with Gasteiger partial charge in [-0.1, -0.05) is 0 Å². The van der Waals surface area contributed by atoms with E-state index in [1.807, 2.05) is 4.90 Å². The highest BCUT2D eigenvalue weighted by molar-refractivity contribution is 5.79. The minimum absolute atomic E-state index is 0.0465. The molecule has 1 aromatic carbocycles. The molecule has 0 unspecified atom stereocenters. The first kappa shape index (κ1) is 16.7. The van der Waals surface area contributed by atoms with Gasteiger partial charge in [0.2, 0.25) is 5.91 Å². The van der Waals surface area contributed by atoms with Gasteiger partial charge in [0.05, 0.1) is 4.92 Å². The van der Waals surface area contributed by atoms with Gasteiger partial charge in [0, 0.05) is 57.2 Å². The molecule has 0 aromatic heterocycles. The number of carbonyl (C=O) groups excluding carboxylic acids is 1. The van der Waals surface area contributed by atoms with Crippen molar-refractivity contribution in [3.63, 3.8) is 0 Å². The zero-order valence-corrected chi connectivity index (χ0v) is 13.6. The number of rotatable bonds is 4. The molecule has 1 aromatic rings. The first-order chi connectivity index (χ1) is 11.6. The van der Waals surface area contributed by atoms with Gasteiger partial charge >= 0.3 is 0 Å². The SMILES string of the molecule is O=C(C1CCOCC1)N1CCC(Oc2ccc([N+](=O)[O-])cc2)CC1. The Hall–Kier alpha value is -2.15. The van der Waals surface area contributed by atoms with Crippen molar-refractivity contribution in [2.45, 2.75) is 31.8 Å². The molecular weight excluding hydrogens is 312 g/mol. The van der Waals surface area contributed by atoms with Crippen LogP contribution < -0.4 is 4.74 Å². The van der Waals surface area contributed by atoms with Crippen molar-refractivity contribution in [3.8, 4) is 5.75 Å². The van der Waals surface area contributed by atoms with Gasteiger partial charge in [-0.05, 0) is 25.0 Å². The first-order valence-corrected chi connectivity index (χ1v) is 8.41. The van der Waals surface area contributed by atoms with Crippen molar-refractivity contribution in [1.29, 1.82) is 0 Å². The molecule has 0 aliphatic carbocycles. The van der Waals surface area contributed by atoms with Gasteiger partial charge in [0.1, 0.15) is 11.9 Å². The third kappa shape index (κ3) is 4.03. The Morgan fingerprint density at radius 1 is 1.12 bits per heavy atom. The van der Waals surface area contributed by atoms with Gasteiger partial charge in [-0.3, -0.25) is 14.9 Å². The number of hydrogen-bond donors (Lipinski definition) is 0. The Labute approximate surface area is 140 Å². The average molecular weight is 334 g/mol. The zero-order chi connectivity index (χ0) is 16.9. The van der Waals surface area contributed by atoms with Crippen LogP contribution in [-0.4, -0.2) is 48.1 Å². The number of carbonyl (C=O) groups is 1. The lowest BCUT2D eigenvalue weighted by Gasteiger charge is -2.35. The summed E-state index contributed by atoms with van der Waals surface area (Å²) in [7, 11) is 0. The monoisotopic (exact) mass is 334 g/mol. The number of ether oxygens (including phenoxy) is 2. The lowest BCUT2D eigenvalue weighted by atomic mass is 9.97. The molecule has 1 amide bonds. The van der Waals surface area contributed by atoms with Crippen LogP contribution in [0.3, 0.4) is 0 Å². The number of hydrogen-bond acceptors (Lipinski definition) is 5. The van der Waals surface area contributed by atoms with Crippen molar-refractivity contribution in [3.05, 3.63) is 34.4 Å². The lowest BCUT2D eigenvalue weighted by molar-refractivity contribution is -0.384. The topological polar surface area (TPSA) is 81.9 Å². The number of likely N-dealkylation sites (tertiary alicyclic amines) is 1. The van der Waals surface area contributed by atoms with Crippen molar-refractivity contribution < 1.29 is 19.2 Å². The Morgan fingerprint density at radius 3 is 2.33 bits per heavy atom. The lowest BCUT2D eigenvalue weighted by Crippen LogP contribution is -2.45. The Morgan fingerprint density at radius 2 is 1.75 bits per heavy atom. The minimum atomic E-state index is -0.426. The molecule has 7 heteroatoms. The molecule has 0 atom stereocenters. The summed E-state index contributed by atoms with van der Waals surface area (Å²) < 4.78 is 11.2. The number of non-ortho nitro benzene ring substituents is 1. The summed E-state index contributed by atoms with van der Waals surface area (Å²) in [5, 5.41) is 10.7. The summed E-state index contributed by atoms with van der Waals surface area (Å²) in [4.78, 5) is 24.6. The van der Waals surface area contributed by atoms with Crippen molar-refractivity contribution in [1.82, 2.24) is 4.90 Å². The molecule has 0 spiro atoms. The second kappa shape index (κ2) is 7.61. The first-order valence-electron chi connectivity index (χ1n) is 8.41. The van der Waals surface area contributed by atoms with Gasteiger partial charge in [0.15, 0.2) is 0 Å². The summed E-state index contributed by atoms with van der Waals surface area (Å²) in [6, 6.07) is 6.13. The third-order valence-electron chi connectivity index (χ3n) is 4.67. The van der Waals surface area contributed by atoms with Crippen LogP contribution in [0.4, 0.5) is 5.69 Å². The summed E-state index contributed by atoms with van der Waals surface area (Å²) >= 11 is 0. The third-order valence-corrected chi connectivity index (χ3v) is 4.67. The zero-order valence-electron chi connectivity index (χ0n) is 13.6. The van der Waals surface area contributed by atoms with E-state index in [2.05, 4.69) is 0 Å². The highest BCUT2D eigenvalue weighted by atomic mass is 16.6. The second-order valence-electron chi connectivity index (χ2n) is 6.28. The maximum absolute atomic E-state index is 12.5. The molecule has 130 valence electrons. The number of nitrogens with zero attached hydrogens (tertiary/aromatic N) is 2. The summed E-state index contributed by atoms with van der Waals surface area (Å²) in [5.74, 6) is 0.979. The highest BCUT2D eigenvalue weighted by Crippen LogP contribution is 2.24. The van der Waals surface area contributed by atoms with Crippen LogP contribution >= 0.6 is 0 Å². The molecule has 2 aliphatic rings. The summed E-state index contributed by atoms with van der Waals surface area (Å²) in [5.41, 5.74) is 0.0548. The summed E-state index contributed by atoms with van der Waals surface area (Å²) in [6.07, 6.45) is 3.25. The van der Waals surface area contributed by atoms with E-state index in [-0.39, 0.29) is 23.6 Å². The van der Waals surface area contributed by atoms with Crippen LogP contribution in [0.2, 0.25) is 0 Å². The normalized spacial score (nSPS) is 19.9. The average Bonchev–Trinajstić information content (AvgIpc) is 2.63. The Kier molecular flexibility index (Phi) is 5.30. The molecule has 3 rings (SSSR count). The van der Waals surface area contributed by atoms with Crippen LogP contribution in [-0.2, 0) is 9.53 Å². The number of amides is 1. The number of piperidine rings is 1. The number of benzene rings is 1. The van der Waals surface area contributed by atoms with E-state index >= 15 is 0 Å². The molecule has 0 radical (unpaired) electrons. The Bertz CT molecular complexity index is 575. The fourth-order valence-electron chi connectivity index (χ4n) is 3.24. The molecule has 2 fully saturated rings. The molecular formula is C17H22N2O5. The van der Waals surface area contributed by atoms with Crippen molar-refractivity contribution >= 4 is 11.6 Å². The van der Waals surface area contributed by atoms with Crippen LogP contribution in [0.5, 0.6) is 5.75 Å². The quantitative estimate of drug-likeness (QED) is 0.624. The standard InChI is InChI=1S/C17H22N2O5/c20-17(13-7-11-23-12-8-13)18-9-5-16(6-10-18)24-15-3-1-14(2-4-15)19(21)22/h1-4,13,16H,5-12H2.